The van der Waals surface area contributed by atoms with Crippen LogP contribution in [0.1, 0.15) is 17.1 Å². The van der Waals surface area contributed by atoms with Gasteiger partial charge in [-0.3, -0.25) is 4.98 Å². The molecular formula is C14H20N4O. The second-order valence-electron chi connectivity index (χ2n) is 4.52. The first-order chi connectivity index (χ1) is 9.19. The van der Waals surface area contributed by atoms with Gasteiger partial charge < -0.3 is 14.6 Å². The molecule has 0 aliphatic carbocycles. The Balaban J connectivity index is 2.02. The lowest BCUT2D eigenvalue weighted by atomic mass is 10.3. The molecule has 2 heterocycles. The van der Waals surface area contributed by atoms with Crippen LogP contribution >= 0.6 is 0 Å². The molecule has 1 N–H and O–H groups in total. The normalized spacial score (nSPS) is 10.7. The molecule has 0 unspecified atom stereocenters. The van der Waals surface area contributed by atoms with E-state index in [-0.39, 0.29) is 0 Å². The molecule has 0 spiro atoms. The van der Waals surface area contributed by atoms with Gasteiger partial charge in [0.1, 0.15) is 0 Å². The molecule has 0 saturated carbocycles. The zero-order chi connectivity index (χ0) is 13.7. The Labute approximate surface area is 113 Å². The number of hydrogen-bond acceptors (Lipinski definition) is 4. The summed E-state index contributed by atoms with van der Waals surface area (Å²) in [6.45, 7) is 6.12. The van der Waals surface area contributed by atoms with Crippen LogP contribution in [0.3, 0.4) is 0 Å². The molecule has 0 bridgehead atoms. The van der Waals surface area contributed by atoms with Gasteiger partial charge in [0.05, 0.1) is 24.5 Å². The predicted octanol–water partition coefficient (Wildman–Crippen LogP) is 2.15. The van der Waals surface area contributed by atoms with E-state index in [1.54, 1.807) is 7.11 Å². The maximum atomic E-state index is 5.10. The van der Waals surface area contributed by atoms with Gasteiger partial charge in [-0.15, -0.1) is 0 Å². The summed E-state index contributed by atoms with van der Waals surface area (Å²) in [5.74, 6) is 0.859. The first-order valence-electron chi connectivity index (χ1n) is 6.38. The molecule has 0 aliphatic rings. The number of rotatable bonds is 6. The van der Waals surface area contributed by atoms with Crippen molar-refractivity contribution in [3.05, 3.63) is 41.5 Å². The smallest absolute Gasteiger partial charge is 0.203 e. The number of methoxy groups -OCH3 is 1. The maximum Gasteiger partial charge on any atom is 0.203 e. The van der Waals surface area contributed by atoms with Crippen molar-refractivity contribution in [1.82, 2.24) is 14.5 Å². The Hall–Kier alpha value is -1.88. The zero-order valence-electron chi connectivity index (χ0n) is 11.7. The highest BCUT2D eigenvalue weighted by Gasteiger charge is 2.05. The SMILES string of the molecule is COCCn1cc(C)nc1NCc1cccc(C)n1. The monoisotopic (exact) mass is 260 g/mol. The molecule has 2 aromatic heterocycles. The van der Waals surface area contributed by atoms with Crippen molar-refractivity contribution < 1.29 is 4.74 Å². The van der Waals surface area contributed by atoms with E-state index in [9.17, 15) is 0 Å². The van der Waals surface area contributed by atoms with Crippen molar-refractivity contribution in [3.8, 4) is 0 Å². The van der Waals surface area contributed by atoms with E-state index in [1.807, 2.05) is 38.2 Å². The molecule has 102 valence electrons. The van der Waals surface area contributed by atoms with Gasteiger partial charge in [0.25, 0.3) is 0 Å². The van der Waals surface area contributed by atoms with Crippen LogP contribution in [0.2, 0.25) is 0 Å². The Morgan fingerprint density at radius 1 is 1.21 bits per heavy atom. The van der Waals surface area contributed by atoms with E-state index in [2.05, 4.69) is 19.9 Å². The fraction of sp³-hybridized carbons (Fsp3) is 0.429. The highest BCUT2D eigenvalue weighted by atomic mass is 16.5. The predicted molar refractivity (Wildman–Crippen MR) is 75.1 cm³/mol. The summed E-state index contributed by atoms with van der Waals surface area (Å²) in [4.78, 5) is 8.93. The number of nitrogens with one attached hydrogen (secondary N) is 1. The third kappa shape index (κ3) is 3.79. The summed E-state index contributed by atoms with van der Waals surface area (Å²) < 4.78 is 7.16. The number of aryl methyl sites for hydroxylation is 2. The molecule has 0 amide bonds. The van der Waals surface area contributed by atoms with Crippen molar-refractivity contribution in [2.45, 2.75) is 26.9 Å². The molecule has 0 saturated heterocycles. The van der Waals surface area contributed by atoms with Crippen LogP contribution in [-0.4, -0.2) is 28.3 Å². The summed E-state index contributed by atoms with van der Waals surface area (Å²) >= 11 is 0. The summed E-state index contributed by atoms with van der Waals surface area (Å²) in [5, 5.41) is 3.32. The topological polar surface area (TPSA) is 52.0 Å². The van der Waals surface area contributed by atoms with Crippen molar-refractivity contribution in [2.24, 2.45) is 0 Å². The Bertz CT molecular complexity index is 536. The number of ether oxygens (including phenoxy) is 1. The second-order valence-corrected chi connectivity index (χ2v) is 4.52. The first-order valence-corrected chi connectivity index (χ1v) is 6.38. The van der Waals surface area contributed by atoms with Gasteiger partial charge >= 0.3 is 0 Å². The van der Waals surface area contributed by atoms with Gasteiger partial charge in [0.15, 0.2) is 0 Å². The Morgan fingerprint density at radius 3 is 2.79 bits per heavy atom. The number of anilines is 1. The third-order valence-corrected chi connectivity index (χ3v) is 2.81. The molecule has 5 nitrogen and oxygen atoms in total. The van der Waals surface area contributed by atoms with Gasteiger partial charge in [0, 0.05) is 25.5 Å². The molecule has 2 aromatic rings. The summed E-state index contributed by atoms with van der Waals surface area (Å²) in [6, 6.07) is 6.02. The minimum atomic E-state index is 0.672. The van der Waals surface area contributed by atoms with Crippen LogP contribution < -0.4 is 5.32 Å². The summed E-state index contributed by atoms with van der Waals surface area (Å²) in [6.07, 6.45) is 2.02. The van der Waals surface area contributed by atoms with Crippen LogP contribution in [0.5, 0.6) is 0 Å². The van der Waals surface area contributed by atoms with Crippen molar-refractivity contribution in [3.63, 3.8) is 0 Å². The van der Waals surface area contributed by atoms with E-state index in [0.717, 1.165) is 29.6 Å². The lowest BCUT2D eigenvalue weighted by molar-refractivity contribution is 0.187. The van der Waals surface area contributed by atoms with Crippen LogP contribution in [0.4, 0.5) is 5.95 Å². The zero-order valence-corrected chi connectivity index (χ0v) is 11.7. The molecule has 2 rings (SSSR count). The average molecular weight is 260 g/mol. The average Bonchev–Trinajstić information content (AvgIpc) is 2.74. The van der Waals surface area contributed by atoms with E-state index in [0.29, 0.717) is 13.2 Å². The number of aromatic nitrogens is 3. The fourth-order valence-electron chi connectivity index (χ4n) is 1.92. The standard InChI is InChI=1S/C14H20N4O/c1-11-5-4-6-13(16-11)9-15-14-17-12(2)10-18(14)7-8-19-3/h4-6,10H,7-9H2,1-3H3,(H,15,17). The Morgan fingerprint density at radius 2 is 2.05 bits per heavy atom. The molecule has 0 aliphatic heterocycles. The van der Waals surface area contributed by atoms with Crippen LogP contribution in [0.25, 0.3) is 0 Å². The van der Waals surface area contributed by atoms with E-state index in [1.165, 1.54) is 0 Å². The van der Waals surface area contributed by atoms with E-state index in [4.69, 9.17) is 4.74 Å². The van der Waals surface area contributed by atoms with Crippen molar-refractivity contribution in [1.29, 1.82) is 0 Å². The highest BCUT2D eigenvalue weighted by molar-refractivity contribution is 5.30. The maximum absolute atomic E-state index is 5.10. The molecule has 5 heteroatoms. The van der Waals surface area contributed by atoms with Gasteiger partial charge in [-0.05, 0) is 26.0 Å². The fourth-order valence-corrected chi connectivity index (χ4v) is 1.92. The molecule has 19 heavy (non-hydrogen) atoms. The minimum absolute atomic E-state index is 0.672. The Kier molecular flexibility index (Phi) is 4.52. The minimum Gasteiger partial charge on any atom is -0.383 e. The second kappa shape index (κ2) is 6.33. The highest BCUT2D eigenvalue weighted by Crippen LogP contribution is 2.10. The van der Waals surface area contributed by atoms with Gasteiger partial charge in [0.2, 0.25) is 5.95 Å². The number of imidazole rings is 1. The molecule has 0 radical (unpaired) electrons. The lowest BCUT2D eigenvalue weighted by Crippen LogP contribution is -2.10. The lowest BCUT2D eigenvalue weighted by Gasteiger charge is -2.09. The molecule has 0 aromatic carbocycles. The summed E-state index contributed by atoms with van der Waals surface area (Å²) in [7, 11) is 1.70. The number of hydrogen-bond donors (Lipinski definition) is 1. The molecule has 0 fully saturated rings. The molecule has 0 atom stereocenters. The van der Waals surface area contributed by atoms with Crippen molar-refractivity contribution >= 4 is 5.95 Å². The third-order valence-electron chi connectivity index (χ3n) is 2.81. The van der Waals surface area contributed by atoms with Gasteiger partial charge in [-0.2, -0.15) is 0 Å². The molecular weight excluding hydrogens is 240 g/mol. The number of nitrogens with zero attached hydrogens (tertiary/aromatic N) is 3. The quantitative estimate of drug-likeness (QED) is 0.864. The number of pyridine rings is 1. The van der Waals surface area contributed by atoms with Crippen LogP contribution in [0.15, 0.2) is 24.4 Å². The largest absolute Gasteiger partial charge is 0.383 e. The first kappa shape index (κ1) is 13.5. The van der Waals surface area contributed by atoms with Crippen LogP contribution in [-0.2, 0) is 17.8 Å². The van der Waals surface area contributed by atoms with Gasteiger partial charge in [-0.25, -0.2) is 4.98 Å². The van der Waals surface area contributed by atoms with Crippen LogP contribution in [0, 0.1) is 13.8 Å². The van der Waals surface area contributed by atoms with Gasteiger partial charge in [-0.1, -0.05) is 6.07 Å². The van der Waals surface area contributed by atoms with E-state index >= 15 is 0 Å². The summed E-state index contributed by atoms with van der Waals surface area (Å²) in [5.41, 5.74) is 3.04. The van der Waals surface area contributed by atoms with Crippen molar-refractivity contribution in [2.75, 3.05) is 19.0 Å². The van der Waals surface area contributed by atoms with E-state index < -0.39 is 0 Å².